The van der Waals surface area contributed by atoms with E-state index in [4.69, 9.17) is 9.47 Å². The molecule has 0 aliphatic rings. The van der Waals surface area contributed by atoms with Gasteiger partial charge >= 0.3 is 0 Å². The number of methoxy groups -OCH3 is 1. The number of nitro benzene ring substituents is 1. The molecule has 0 aliphatic carbocycles. The number of rotatable bonds is 6. The number of hydrogen-bond donors (Lipinski definition) is 1. The predicted molar refractivity (Wildman–Crippen MR) is 84.8 cm³/mol. The first-order chi connectivity index (χ1) is 11.4. The molecule has 0 aliphatic heterocycles. The van der Waals surface area contributed by atoms with Gasteiger partial charge in [0, 0.05) is 12.1 Å². The van der Waals surface area contributed by atoms with Crippen molar-refractivity contribution >= 4 is 17.3 Å². The van der Waals surface area contributed by atoms with Gasteiger partial charge in [0.15, 0.2) is 6.10 Å². The summed E-state index contributed by atoms with van der Waals surface area (Å²) in [6.07, 6.45) is -0.903. The Morgan fingerprint density at radius 3 is 2.50 bits per heavy atom. The molecular weight excluding hydrogens is 319 g/mol. The molecule has 2 aromatic rings. The first-order valence-corrected chi connectivity index (χ1v) is 6.96. The van der Waals surface area contributed by atoms with Crippen molar-refractivity contribution in [3.05, 3.63) is 58.4 Å². The largest absolute Gasteiger partial charge is 0.495 e. The van der Waals surface area contributed by atoms with Crippen molar-refractivity contribution < 1.29 is 23.6 Å². The quantitative estimate of drug-likeness (QED) is 0.647. The van der Waals surface area contributed by atoms with Gasteiger partial charge in [0.25, 0.3) is 11.6 Å². The van der Waals surface area contributed by atoms with Crippen LogP contribution in [0.5, 0.6) is 11.5 Å². The van der Waals surface area contributed by atoms with Gasteiger partial charge in [0.2, 0.25) is 0 Å². The van der Waals surface area contributed by atoms with E-state index in [1.165, 1.54) is 56.5 Å². The molecule has 1 atom stereocenters. The second-order valence-electron chi connectivity index (χ2n) is 4.84. The number of non-ortho nitro benzene ring substituents is 1. The molecule has 8 heteroatoms. The highest BCUT2D eigenvalue weighted by Gasteiger charge is 2.19. The summed E-state index contributed by atoms with van der Waals surface area (Å²) in [5.74, 6) is -0.341. The molecule has 126 valence electrons. The maximum absolute atomic E-state index is 12.9. The molecule has 2 rings (SSSR count). The number of carbonyl (C=O) groups is 1. The van der Waals surface area contributed by atoms with Crippen molar-refractivity contribution in [3.8, 4) is 11.5 Å². The Morgan fingerprint density at radius 1 is 1.25 bits per heavy atom. The lowest BCUT2D eigenvalue weighted by atomic mass is 10.2. The number of nitrogens with zero attached hydrogens (tertiary/aromatic N) is 1. The standard InChI is InChI=1S/C16H15FN2O5/c1-10(24-13-6-3-11(17)4-7-13)16(20)18-14-9-12(19(21)22)5-8-15(14)23-2/h3-10H,1-2H3,(H,18,20)/t10-/m0/s1. The molecule has 0 aromatic heterocycles. The Hall–Kier alpha value is -3.16. The van der Waals surface area contributed by atoms with Gasteiger partial charge in [-0.1, -0.05) is 0 Å². The molecule has 0 unspecified atom stereocenters. The van der Waals surface area contributed by atoms with Gasteiger partial charge in [-0.15, -0.1) is 0 Å². The maximum atomic E-state index is 12.9. The summed E-state index contributed by atoms with van der Waals surface area (Å²) in [7, 11) is 1.38. The monoisotopic (exact) mass is 334 g/mol. The minimum Gasteiger partial charge on any atom is -0.495 e. The average Bonchev–Trinajstić information content (AvgIpc) is 2.56. The summed E-state index contributed by atoms with van der Waals surface area (Å²) < 4.78 is 23.3. The van der Waals surface area contributed by atoms with Crippen LogP contribution < -0.4 is 14.8 Å². The lowest BCUT2D eigenvalue weighted by Crippen LogP contribution is -2.30. The highest BCUT2D eigenvalue weighted by molar-refractivity contribution is 5.95. The Balaban J connectivity index is 2.11. The third kappa shape index (κ3) is 4.19. The van der Waals surface area contributed by atoms with Gasteiger partial charge < -0.3 is 14.8 Å². The van der Waals surface area contributed by atoms with Crippen LogP contribution in [0.3, 0.4) is 0 Å². The van der Waals surface area contributed by atoms with Crippen LogP contribution in [0, 0.1) is 15.9 Å². The van der Waals surface area contributed by atoms with Crippen molar-refractivity contribution in [2.45, 2.75) is 13.0 Å². The second kappa shape index (κ2) is 7.40. The second-order valence-corrected chi connectivity index (χ2v) is 4.84. The molecule has 0 heterocycles. The van der Waals surface area contributed by atoms with E-state index in [1.54, 1.807) is 0 Å². The number of benzene rings is 2. The Morgan fingerprint density at radius 2 is 1.92 bits per heavy atom. The number of ether oxygens (including phenoxy) is 2. The summed E-state index contributed by atoms with van der Waals surface area (Å²) in [6.45, 7) is 1.50. The van der Waals surface area contributed by atoms with Crippen LogP contribution in [-0.4, -0.2) is 24.0 Å². The zero-order valence-corrected chi connectivity index (χ0v) is 13.0. The van der Waals surface area contributed by atoms with E-state index in [1.807, 2.05) is 0 Å². The van der Waals surface area contributed by atoms with Crippen molar-refractivity contribution in [1.29, 1.82) is 0 Å². The van der Waals surface area contributed by atoms with Gasteiger partial charge in [-0.25, -0.2) is 4.39 Å². The van der Waals surface area contributed by atoms with E-state index in [-0.39, 0.29) is 17.1 Å². The van der Waals surface area contributed by atoms with Crippen molar-refractivity contribution in [2.24, 2.45) is 0 Å². The normalized spacial score (nSPS) is 11.5. The summed E-state index contributed by atoms with van der Waals surface area (Å²) in [5, 5.41) is 13.4. The minimum atomic E-state index is -0.903. The molecule has 1 amide bonds. The predicted octanol–water partition coefficient (Wildman–Crippen LogP) is 3.15. The van der Waals surface area contributed by atoms with E-state index < -0.39 is 22.8 Å². The number of nitrogens with one attached hydrogen (secondary N) is 1. The number of halogens is 1. The lowest BCUT2D eigenvalue weighted by molar-refractivity contribution is -0.384. The first-order valence-electron chi connectivity index (χ1n) is 6.96. The van der Waals surface area contributed by atoms with E-state index in [2.05, 4.69) is 5.32 Å². The molecule has 0 saturated heterocycles. The van der Waals surface area contributed by atoms with Gasteiger partial charge in [0.1, 0.15) is 17.3 Å². The molecule has 0 bridgehead atoms. The SMILES string of the molecule is COc1ccc([N+](=O)[O-])cc1NC(=O)[C@H](C)Oc1ccc(F)cc1. The Bertz CT molecular complexity index is 749. The number of nitro groups is 1. The van der Waals surface area contributed by atoms with Crippen LogP contribution in [-0.2, 0) is 4.79 Å². The highest BCUT2D eigenvalue weighted by Crippen LogP contribution is 2.29. The Kier molecular flexibility index (Phi) is 5.31. The fourth-order valence-corrected chi connectivity index (χ4v) is 1.91. The average molecular weight is 334 g/mol. The Labute approximate surface area is 137 Å². The molecule has 0 radical (unpaired) electrons. The van der Waals surface area contributed by atoms with Gasteiger partial charge in [-0.2, -0.15) is 0 Å². The van der Waals surface area contributed by atoms with Gasteiger partial charge in [-0.05, 0) is 37.3 Å². The smallest absolute Gasteiger partial charge is 0.271 e. The third-order valence-electron chi connectivity index (χ3n) is 3.15. The third-order valence-corrected chi connectivity index (χ3v) is 3.15. The van der Waals surface area contributed by atoms with Crippen molar-refractivity contribution in [2.75, 3.05) is 12.4 Å². The van der Waals surface area contributed by atoms with Crippen LogP contribution in [0.25, 0.3) is 0 Å². The first kappa shape index (κ1) is 17.2. The summed E-state index contributed by atoms with van der Waals surface area (Å²) in [6, 6.07) is 9.07. The van der Waals surface area contributed by atoms with Crippen molar-refractivity contribution in [1.82, 2.24) is 0 Å². The molecule has 0 saturated carbocycles. The lowest BCUT2D eigenvalue weighted by Gasteiger charge is -2.16. The fraction of sp³-hybridized carbons (Fsp3) is 0.188. The number of anilines is 1. The summed E-state index contributed by atoms with van der Waals surface area (Å²) >= 11 is 0. The topological polar surface area (TPSA) is 90.7 Å². The number of amides is 1. The van der Waals surface area contributed by atoms with Crippen LogP contribution in [0.4, 0.5) is 15.8 Å². The zero-order chi connectivity index (χ0) is 17.7. The molecule has 24 heavy (non-hydrogen) atoms. The summed E-state index contributed by atoms with van der Waals surface area (Å²) in [5.41, 5.74) is -0.0236. The summed E-state index contributed by atoms with van der Waals surface area (Å²) in [4.78, 5) is 22.5. The molecular formula is C16H15FN2O5. The van der Waals surface area contributed by atoms with E-state index in [0.717, 1.165) is 0 Å². The number of hydrogen-bond acceptors (Lipinski definition) is 5. The van der Waals surface area contributed by atoms with Crippen LogP contribution >= 0.6 is 0 Å². The van der Waals surface area contributed by atoms with Gasteiger partial charge in [0.05, 0.1) is 17.7 Å². The van der Waals surface area contributed by atoms with E-state index in [9.17, 15) is 19.3 Å². The molecule has 0 spiro atoms. The van der Waals surface area contributed by atoms with Crippen LogP contribution in [0.15, 0.2) is 42.5 Å². The van der Waals surface area contributed by atoms with Crippen molar-refractivity contribution in [3.63, 3.8) is 0 Å². The zero-order valence-electron chi connectivity index (χ0n) is 13.0. The molecule has 0 fully saturated rings. The van der Waals surface area contributed by atoms with E-state index in [0.29, 0.717) is 5.75 Å². The molecule has 7 nitrogen and oxygen atoms in total. The fourth-order valence-electron chi connectivity index (χ4n) is 1.91. The maximum Gasteiger partial charge on any atom is 0.271 e. The molecule has 1 N–H and O–H groups in total. The highest BCUT2D eigenvalue weighted by atomic mass is 19.1. The number of carbonyl (C=O) groups excluding carboxylic acids is 1. The van der Waals surface area contributed by atoms with Crippen LogP contribution in [0.2, 0.25) is 0 Å². The van der Waals surface area contributed by atoms with E-state index >= 15 is 0 Å². The van der Waals surface area contributed by atoms with Crippen LogP contribution in [0.1, 0.15) is 6.92 Å². The minimum absolute atomic E-state index is 0.159. The van der Waals surface area contributed by atoms with Gasteiger partial charge in [-0.3, -0.25) is 14.9 Å². The molecule has 2 aromatic carbocycles.